The molecule has 0 aromatic heterocycles. The van der Waals surface area contributed by atoms with Crippen LogP contribution < -0.4 is 14.9 Å². The summed E-state index contributed by atoms with van der Waals surface area (Å²) in [7, 11) is -4.07. The molecule has 0 fully saturated rings. The van der Waals surface area contributed by atoms with E-state index in [0.29, 0.717) is 15.8 Å². The summed E-state index contributed by atoms with van der Waals surface area (Å²) in [5.74, 6) is -2.28. The number of nitrogens with zero attached hydrogens (tertiary/aromatic N) is 1. The van der Waals surface area contributed by atoms with Crippen molar-refractivity contribution in [1.82, 2.24) is 0 Å². The first-order chi connectivity index (χ1) is 15.7. The van der Waals surface area contributed by atoms with E-state index in [-0.39, 0.29) is 28.3 Å². The van der Waals surface area contributed by atoms with Gasteiger partial charge in [0.15, 0.2) is 0 Å². The molecule has 1 aliphatic rings. The fraction of sp³-hybridized carbons (Fsp3) is 0.0455. The third-order valence-electron chi connectivity index (χ3n) is 4.90. The van der Waals surface area contributed by atoms with Gasteiger partial charge in [-0.05, 0) is 54.6 Å². The highest BCUT2D eigenvalue weighted by Gasteiger charge is 2.32. The van der Waals surface area contributed by atoms with Crippen LogP contribution in [0.2, 0.25) is 0 Å². The average molecular weight is 530 g/mol. The number of amides is 2. The molecule has 9 nitrogen and oxygen atoms in total. The number of nitrogens with one attached hydrogen (secondary N) is 2. The molecule has 0 aliphatic carbocycles. The van der Waals surface area contributed by atoms with E-state index in [1.54, 1.807) is 30.3 Å². The molecule has 0 saturated heterocycles. The van der Waals surface area contributed by atoms with Crippen LogP contribution in [-0.4, -0.2) is 37.9 Å². The third kappa shape index (κ3) is 4.45. The molecule has 0 atom stereocenters. The van der Waals surface area contributed by atoms with Crippen molar-refractivity contribution in [3.8, 4) is 0 Å². The van der Waals surface area contributed by atoms with Crippen LogP contribution in [0.25, 0.3) is 0 Å². The quantitative estimate of drug-likeness (QED) is 0.462. The van der Waals surface area contributed by atoms with Gasteiger partial charge in [0.05, 0.1) is 27.5 Å². The van der Waals surface area contributed by atoms with Crippen LogP contribution in [0.1, 0.15) is 20.7 Å². The monoisotopic (exact) mass is 529 g/mol. The van der Waals surface area contributed by atoms with Gasteiger partial charge in [0, 0.05) is 10.0 Å². The molecule has 11 heteroatoms. The Bertz CT molecular complexity index is 1390. The second-order valence-corrected chi connectivity index (χ2v) is 9.83. The predicted octanol–water partition coefficient (Wildman–Crippen LogP) is 3.55. The van der Waals surface area contributed by atoms with E-state index in [2.05, 4.69) is 26.6 Å². The number of halogens is 1. The highest BCUT2D eigenvalue weighted by Crippen LogP contribution is 2.33. The van der Waals surface area contributed by atoms with Gasteiger partial charge >= 0.3 is 5.97 Å². The van der Waals surface area contributed by atoms with Crippen molar-refractivity contribution < 1.29 is 27.9 Å². The summed E-state index contributed by atoms with van der Waals surface area (Å²) in [5.41, 5.74) is 0.861. The zero-order chi connectivity index (χ0) is 23.8. The minimum absolute atomic E-state index is 0.0982. The third-order valence-corrected chi connectivity index (χ3v) is 7.17. The van der Waals surface area contributed by atoms with Gasteiger partial charge < -0.3 is 15.7 Å². The number of carbonyl (C=O) groups is 3. The van der Waals surface area contributed by atoms with Crippen molar-refractivity contribution in [2.24, 2.45) is 0 Å². The topological polar surface area (TPSA) is 133 Å². The molecule has 33 heavy (non-hydrogen) atoms. The Morgan fingerprint density at radius 1 is 1.03 bits per heavy atom. The molecule has 3 aromatic rings. The number of benzene rings is 3. The largest absolute Gasteiger partial charge is 0.478 e. The number of fused-ring (bicyclic) bond motifs is 1. The van der Waals surface area contributed by atoms with E-state index in [4.69, 9.17) is 0 Å². The Morgan fingerprint density at radius 2 is 1.73 bits per heavy atom. The fourth-order valence-electron chi connectivity index (χ4n) is 3.32. The number of hydrogen-bond acceptors (Lipinski definition) is 5. The lowest BCUT2D eigenvalue weighted by Crippen LogP contribution is -2.42. The SMILES string of the molecule is O=C1CN(S(=O)(=O)c2ccc(C(=O)Nc3ccc(Br)cc3C(=O)O)cc2)c2ccccc2N1. The number of carbonyl (C=O) groups excluding carboxylic acids is 2. The molecule has 3 aromatic carbocycles. The van der Waals surface area contributed by atoms with Crippen LogP contribution in [0.15, 0.2) is 76.1 Å². The number of anilines is 3. The molecule has 4 rings (SSSR count). The van der Waals surface area contributed by atoms with Crippen LogP contribution in [0, 0.1) is 0 Å². The summed E-state index contributed by atoms with van der Waals surface area (Å²) < 4.78 is 27.9. The van der Waals surface area contributed by atoms with Crippen LogP contribution in [-0.2, 0) is 14.8 Å². The lowest BCUT2D eigenvalue weighted by molar-refractivity contribution is -0.115. The molecule has 0 bridgehead atoms. The van der Waals surface area contributed by atoms with Crippen molar-refractivity contribution in [1.29, 1.82) is 0 Å². The first kappa shape index (κ1) is 22.5. The lowest BCUT2D eigenvalue weighted by atomic mass is 10.1. The normalized spacial score (nSPS) is 13.1. The number of hydrogen-bond donors (Lipinski definition) is 3. The van der Waals surface area contributed by atoms with Gasteiger partial charge in [-0.15, -0.1) is 0 Å². The summed E-state index contributed by atoms with van der Waals surface area (Å²) >= 11 is 3.19. The van der Waals surface area contributed by atoms with Gasteiger partial charge in [0.1, 0.15) is 6.54 Å². The maximum atomic E-state index is 13.2. The summed E-state index contributed by atoms with van der Waals surface area (Å²) in [6, 6.07) is 16.1. The number of carboxylic acid groups (broad SMARTS) is 1. The Labute approximate surface area is 197 Å². The number of sulfonamides is 1. The van der Waals surface area contributed by atoms with E-state index >= 15 is 0 Å². The summed E-state index contributed by atoms with van der Waals surface area (Å²) in [4.78, 5) is 36.0. The molecule has 0 unspecified atom stereocenters. The predicted molar refractivity (Wildman–Crippen MR) is 125 cm³/mol. The van der Waals surface area contributed by atoms with Gasteiger partial charge in [-0.1, -0.05) is 28.1 Å². The zero-order valence-corrected chi connectivity index (χ0v) is 19.2. The fourth-order valence-corrected chi connectivity index (χ4v) is 5.12. The second kappa shape index (κ2) is 8.68. The molecule has 0 spiro atoms. The van der Waals surface area contributed by atoms with Crippen LogP contribution >= 0.6 is 15.9 Å². The molecule has 168 valence electrons. The van der Waals surface area contributed by atoms with Gasteiger partial charge in [-0.25, -0.2) is 13.2 Å². The highest BCUT2D eigenvalue weighted by atomic mass is 79.9. The minimum atomic E-state index is -4.07. The Balaban J connectivity index is 1.60. The maximum Gasteiger partial charge on any atom is 0.337 e. The van der Waals surface area contributed by atoms with Crippen molar-refractivity contribution >= 4 is 60.8 Å². The number of aromatic carboxylic acids is 1. The number of para-hydroxylation sites is 2. The smallest absolute Gasteiger partial charge is 0.337 e. The lowest BCUT2D eigenvalue weighted by Gasteiger charge is -2.30. The van der Waals surface area contributed by atoms with E-state index in [9.17, 15) is 27.9 Å². The first-order valence-corrected chi connectivity index (χ1v) is 11.8. The highest BCUT2D eigenvalue weighted by molar-refractivity contribution is 9.10. The summed E-state index contributed by atoms with van der Waals surface area (Å²) in [6.07, 6.45) is 0. The minimum Gasteiger partial charge on any atom is -0.478 e. The van der Waals surface area contributed by atoms with E-state index in [1.807, 2.05) is 0 Å². The molecule has 1 aliphatic heterocycles. The first-order valence-electron chi connectivity index (χ1n) is 9.53. The van der Waals surface area contributed by atoms with Crippen molar-refractivity contribution in [2.45, 2.75) is 4.90 Å². The Kier molecular flexibility index (Phi) is 5.91. The van der Waals surface area contributed by atoms with Gasteiger partial charge in [-0.2, -0.15) is 0 Å². The Morgan fingerprint density at radius 3 is 2.42 bits per heavy atom. The Hall–Kier alpha value is -3.70. The van der Waals surface area contributed by atoms with E-state index in [0.717, 1.165) is 4.31 Å². The molecule has 0 saturated carbocycles. The zero-order valence-electron chi connectivity index (χ0n) is 16.8. The van der Waals surface area contributed by atoms with E-state index < -0.39 is 27.8 Å². The molecular weight excluding hydrogens is 514 g/mol. The standard InChI is InChI=1S/C22H16BrN3O6S/c23-14-7-10-17(16(11-14)22(29)30)25-21(28)13-5-8-15(9-6-13)33(31,32)26-12-20(27)24-18-3-1-2-4-19(18)26/h1-11H,12H2,(H,24,27)(H,25,28)(H,29,30). The van der Waals surface area contributed by atoms with Gasteiger partial charge in [0.2, 0.25) is 5.91 Å². The van der Waals surface area contributed by atoms with Crippen LogP contribution in [0.5, 0.6) is 0 Å². The van der Waals surface area contributed by atoms with E-state index in [1.165, 1.54) is 36.4 Å². The molecular formula is C22H16BrN3O6S. The number of rotatable bonds is 5. The van der Waals surface area contributed by atoms with Crippen LogP contribution in [0.3, 0.4) is 0 Å². The van der Waals surface area contributed by atoms with Crippen molar-refractivity contribution in [2.75, 3.05) is 21.5 Å². The summed E-state index contributed by atoms with van der Waals surface area (Å²) in [6.45, 7) is -0.372. The maximum absolute atomic E-state index is 13.2. The van der Waals surface area contributed by atoms with Crippen LogP contribution in [0.4, 0.5) is 17.1 Å². The van der Waals surface area contributed by atoms with Crippen molar-refractivity contribution in [3.63, 3.8) is 0 Å². The molecule has 3 N–H and O–H groups in total. The van der Waals surface area contributed by atoms with Gasteiger partial charge in [0.25, 0.3) is 15.9 Å². The molecule has 1 heterocycles. The van der Waals surface area contributed by atoms with Crippen molar-refractivity contribution in [3.05, 3.63) is 82.3 Å². The second-order valence-electron chi connectivity index (χ2n) is 7.05. The summed E-state index contributed by atoms with van der Waals surface area (Å²) in [5, 5.41) is 14.5. The molecule has 0 radical (unpaired) electrons. The average Bonchev–Trinajstić information content (AvgIpc) is 2.79. The van der Waals surface area contributed by atoms with Gasteiger partial charge in [-0.3, -0.25) is 13.9 Å². The molecule has 2 amide bonds. The number of carboxylic acids is 1.